The monoisotopic (exact) mass is 285 g/mol. The van der Waals surface area contributed by atoms with E-state index in [1.165, 1.54) is 13.1 Å². The lowest BCUT2D eigenvalue weighted by Gasteiger charge is -2.18. The van der Waals surface area contributed by atoms with Crippen molar-refractivity contribution < 1.29 is 13.2 Å². The number of amides is 1. The topological polar surface area (TPSA) is 92.5 Å². The van der Waals surface area contributed by atoms with E-state index in [1.54, 1.807) is 25.1 Å². The second-order valence-corrected chi connectivity index (χ2v) is 6.04. The highest BCUT2D eigenvalue weighted by molar-refractivity contribution is 7.89. The predicted octanol–water partition coefficient (Wildman–Crippen LogP) is -0.0981. The van der Waals surface area contributed by atoms with E-state index < -0.39 is 10.0 Å². The van der Waals surface area contributed by atoms with E-state index in [1.807, 2.05) is 0 Å². The van der Waals surface area contributed by atoms with Crippen LogP contribution in [0, 0.1) is 0 Å². The minimum atomic E-state index is -3.70. The highest BCUT2D eigenvalue weighted by Crippen LogP contribution is 2.18. The number of carbonyl (C=O) groups excluding carboxylic acids is 1. The van der Waals surface area contributed by atoms with Gasteiger partial charge in [0.15, 0.2) is 0 Å². The molecular formula is C12H19N3O3S. The first-order valence-corrected chi connectivity index (χ1v) is 7.38. The molecule has 0 aromatic heterocycles. The van der Waals surface area contributed by atoms with Crippen molar-refractivity contribution in [3.05, 3.63) is 29.8 Å². The minimum absolute atomic E-state index is 0.129. The van der Waals surface area contributed by atoms with Crippen LogP contribution >= 0.6 is 0 Å². The zero-order chi connectivity index (χ0) is 14.5. The first kappa shape index (κ1) is 15.6. The predicted molar refractivity (Wildman–Crippen MR) is 72.8 cm³/mol. The highest BCUT2D eigenvalue weighted by Gasteiger charge is 2.24. The Morgan fingerprint density at radius 2 is 2.00 bits per heavy atom. The number of carbonyl (C=O) groups is 1. The molecule has 6 nitrogen and oxygen atoms in total. The third kappa shape index (κ3) is 3.76. The quantitative estimate of drug-likeness (QED) is 0.763. The largest absolute Gasteiger partial charge is 0.355 e. The molecule has 19 heavy (non-hydrogen) atoms. The van der Waals surface area contributed by atoms with Crippen molar-refractivity contribution in [3.63, 3.8) is 0 Å². The molecule has 0 atom stereocenters. The van der Waals surface area contributed by atoms with Crippen molar-refractivity contribution in [2.45, 2.75) is 18.4 Å². The molecule has 0 spiro atoms. The van der Waals surface area contributed by atoms with E-state index in [4.69, 9.17) is 5.73 Å². The molecule has 0 aliphatic heterocycles. The summed E-state index contributed by atoms with van der Waals surface area (Å²) in [5.74, 6) is -0.334. The summed E-state index contributed by atoms with van der Waals surface area (Å²) >= 11 is 0. The summed E-state index contributed by atoms with van der Waals surface area (Å²) in [5, 5.41) is 2.56. The molecule has 106 valence electrons. The lowest BCUT2D eigenvalue weighted by molar-refractivity contribution is -0.121. The maximum Gasteiger partial charge on any atom is 0.243 e. The van der Waals surface area contributed by atoms with Gasteiger partial charge < -0.3 is 11.1 Å². The molecule has 0 bridgehead atoms. The molecule has 0 unspecified atom stereocenters. The molecule has 0 fully saturated rings. The highest BCUT2D eigenvalue weighted by atomic mass is 32.2. The number of hydrogen-bond donors (Lipinski definition) is 2. The first-order valence-electron chi connectivity index (χ1n) is 5.94. The molecule has 0 saturated heterocycles. The van der Waals surface area contributed by atoms with Crippen LogP contribution in [0.4, 0.5) is 0 Å². The van der Waals surface area contributed by atoms with Crippen LogP contribution in [-0.2, 0) is 21.4 Å². The Morgan fingerprint density at radius 1 is 1.37 bits per heavy atom. The number of rotatable bonds is 6. The molecule has 0 aliphatic rings. The van der Waals surface area contributed by atoms with Crippen LogP contribution in [0.5, 0.6) is 0 Å². The molecule has 0 saturated carbocycles. The zero-order valence-corrected chi connectivity index (χ0v) is 11.9. The van der Waals surface area contributed by atoms with E-state index in [0.29, 0.717) is 12.1 Å². The third-order valence-electron chi connectivity index (χ3n) is 2.62. The van der Waals surface area contributed by atoms with Gasteiger partial charge in [0.25, 0.3) is 0 Å². The van der Waals surface area contributed by atoms with Crippen molar-refractivity contribution in [2.75, 3.05) is 20.1 Å². The van der Waals surface area contributed by atoms with Crippen molar-refractivity contribution in [1.82, 2.24) is 9.62 Å². The van der Waals surface area contributed by atoms with Gasteiger partial charge in [-0.05, 0) is 18.6 Å². The lowest BCUT2D eigenvalue weighted by atomic mass is 10.2. The van der Waals surface area contributed by atoms with E-state index in [0.717, 1.165) is 4.31 Å². The third-order valence-corrected chi connectivity index (χ3v) is 4.52. The smallest absolute Gasteiger partial charge is 0.243 e. The van der Waals surface area contributed by atoms with Crippen LogP contribution in [0.25, 0.3) is 0 Å². The van der Waals surface area contributed by atoms with Gasteiger partial charge in [-0.25, -0.2) is 8.42 Å². The van der Waals surface area contributed by atoms with Gasteiger partial charge in [0.2, 0.25) is 15.9 Å². The number of nitrogens with one attached hydrogen (secondary N) is 1. The van der Waals surface area contributed by atoms with Crippen molar-refractivity contribution in [3.8, 4) is 0 Å². The Morgan fingerprint density at radius 3 is 2.58 bits per heavy atom. The van der Waals surface area contributed by atoms with Crippen LogP contribution in [-0.4, -0.2) is 38.8 Å². The van der Waals surface area contributed by atoms with Gasteiger partial charge in [-0.2, -0.15) is 4.31 Å². The van der Waals surface area contributed by atoms with Crippen molar-refractivity contribution in [2.24, 2.45) is 5.73 Å². The van der Waals surface area contributed by atoms with Gasteiger partial charge >= 0.3 is 0 Å². The fourth-order valence-corrected chi connectivity index (χ4v) is 2.99. The molecule has 1 aromatic rings. The Kier molecular flexibility index (Phi) is 5.46. The molecular weight excluding hydrogens is 266 g/mol. The zero-order valence-electron chi connectivity index (χ0n) is 11.1. The Labute approximate surface area is 113 Å². The fourth-order valence-electron chi connectivity index (χ4n) is 1.63. The SMILES string of the molecule is CCNC(=O)CN(C)S(=O)(=O)c1ccccc1CN. The molecule has 1 rings (SSSR count). The Hall–Kier alpha value is -1.44. The second kappa shape index (κ2) is 6.65. The number of likely N-dealkylation sites (N-methyl/N-ethyl adjacent to an activating group) is 2. The van der Waals surface area contributed by atoms with Crippen molar-refractivity contribution >= 4 is 15.9 Å². The first-order chi connectivity index (χ1) is 8.93. The maximum atomic E-state index is 12.3. The van der Waals surface area contributed by atoms with Crippen LogP contribution < -0.4 is 11.1 Å². The van der Waals surface area contributed by atoms with E-state index in [9.17, 15) is 13.2 Å². The molecule has 0 heterocycles. The lowest BCUT2D eigenvalue weighted by Crippen LogP contribution is -2.38. The molecule has 3 N–H and O–H groups in total. The summed E-state index contributed by atoms with van der Waals surface area (Å²) in [6, 6.07) is 6.51. The van der Waals surface area contributed by atoms with Crippen LogP contribution in [0.3, 0.4) is 0 Å². The van der Waals surface area contributed by atoms with Gasteiger partial charge in [0.1, 0.15) is 0 Å². The number of sulfonamides is 1. The average Bonchev–Trinajstić information content (AvgIpc) is 2.38. The molecule has 0 aliphatic carbocycles. The van der Waals surface area contributed by atoms with E-state index in [2.05, 4.69) is 5.32 Å². The normalized spacial score (nSPS) is 11.6. The van der Waals surface area contributed by atoms with Gasteiger partial charge in [-0.15, -0.1) is 0 Å². The summed E-state index contributed by atoms with van der Waals surface area (Å²) in [6.45, 7) is 2.15. The van der Waals surface area contributed by atoms with Crippen molar-refractivity contribution in [1.29, 1.82) is 0 Å². The number of benzene rings is 1. The second-order valence-electron chi connectivity index (χ2n) is 4.03. The van der Waals surface area contributed by atoms with Gasteiger partial charge in [0, 0.05) is 20.1 Å². The maximum absolute atomic E-state index is 12.3. The molecule has 0 radical (unpaired) electrons. The molecule has 7 heteroatoms. The van der Waals surface area contributed by atoms with Crippen LogP contribution in [0.1, 0.15) is 12.5 Å². The summed E-state index contributed by atoms with van der Waals surface area (Å²) in [6.07, 6.45) is 0. The summed E-state index contributed by atoms with van der Waals surface area (Å²) in [5.41, 5.74) is 6.07. The standard InChI is InChI=1S/C12H19N3O3S/c1-3-14-12(16)9-15(2)19(17,18)11-7-5-4-6-10(11)8-13/h4-7H,3,8-9,13H2,1-2H3,(H,14,16). The number of nitrogens with zero attached hydrogens (tertiary/aromatic N) is 1. The Bertz CT molecular complexity index is 543. The average molecular weight is 285 g/mol. The molecule has 1 amide bonds. The minimum Gasteiger partial charge on any atom is -0.355 e. The fraction of sp³-hybridized carbons (Fsp3) is 0.417. The Balaban J connectivity index is 3.00. The van der Waals surface area contributed by atoms with E-state index in [-0.39, 0.29) is 23.9 Å². The van der Waals surface area contributed by atoms with Gasteiger partial charge in [0.05, 0.1) is 11.4 Å². The molecule has 1 aromatic carbocycles. The summed E-state index contributed by atoms with van der Waals surface area (Å²) in [7, 11) is -2.33. The summed E-state index contributed by atoms with van der Waals surface area (Å²) < 4.78 is 25.7. The van der Waals surface area contributed by atoms with Gasteiger partial charge in [-0.1, -0.05) is 18.2 Å². The number of nitrogens with two attached hydrogens (primary N) is 1. The summed E-state index contributed by atoms with van der Waals surface area (Å²) in [4.78, 5) is 11.6. The van der Waals surface area contributed by atoms with Crippen LogP contribution in [0.2, 0.25) is 0 Å². The van der Waals surface area contributed by atoms with Gasteiger partial charge in [-0.3, -0.25) is 4.79 Å². The van der Waals surface area contributed by atoms with Crippen LogP contribution in [0.15, 0.2) is 29.2 Å². The van der Waals surface area contributed by atoms with E-state index >= 15 is 0 Å². The number of hydrogen-bond acceptors (Lipinski definition) is 4.